The van der Waals surface area contributed by atoms with Gasteiger partial charge in [0.05, 0.1) is 26.3 Å². The quantitative estimate of drug-likeness (QED) is 0.235. The van der Waals surface area contributed by atoms with E-state index in [9.17, 15) is 19.5 Å². The van der Waals surface area contributed by atoms with Crippen molar-refractivity contribution in [3.8, 4) is 11.5 Å². The molecule has 0 aliphatic carbocycles. The largest absolute Gasteiger partial charge is 0.506 e. The smallest absolute Gasteiger partial charge is 0.343 e. The molecule has 34 heavy (non-hydrogen) atoms. The lowest BCUT2D eigenvalue weighted by Gasteiger charge is -2.17. The second kappa shape index (κ2) is 9.56. The summed E-state index contributed by atoms with van der Waals surface area (Å²) in [6, 6.07) is 14.5. The summed E-state index contributed by atoms with van der Waals surface area (Å²) >= 11 is 24.0. The molecule has 4 rings (SSSR count). The van der Waals surface area contributed by atoms with E-state index in [0.29, 0.717) is 5.69 Å². The van der Waals surface area contributed by atoms with Gasteiger partial charge in [-0.3, -0.25) is 9.59 Å². The first-order valence-corrected chi connectivity index (χ1v) is 11.0. The zero-order valence-corrected chi connectivity index (χ0v) is 19.8. The van der Waals surface area contributed by atoms with E-state index in [2.05, 4.69) is 5.32 Å². The molecule has 0 atom stereocenters. The highest BCUT2D eigenvalue weighted by Gasteiger charge is 2.40. The van der Waals surface area contributed by atoms with Gasteiger partial charge in [-0.1, -0.05) is 52.5 Å². The Bertz CT molecular complexity index is 1370. The highest BCUT2D eigenvalue weighted by molar-refractivity contribution is 6.54. The number of nitrogens with zero attached hydrogens (tertiary/aromatic N) is 1. The first-order valence-electron chi connectivity index (χ1n) is 9.47. The van der Waals surface area contributed by atoms with E-state index in [1.807, 2.05) is 0 Å². The number of phenols is 1. The number of halogens is 4. The first-order chi connectivity index (χ1) is 16.2. The number of phenolic OH excluding ortho intramolecular Hbond substituents is 1. The fraction of sp³-hybridized carbons (Fsp3) is 0. The van der Waals surface area contributed by atoms with Gasteiger partial charge in [-0.2, -0.15) is 0 Å². The third kappa shape index (κ3) is 4.56. The topological polar surface area (TPSA) is 95.9 Å². The van der Waals surface area contributed by atoms with Crippen LogP contribution in [0.2, 0.25) is 15.1 Å². The maximum Gasteiger partial charge on any atom is 0.343 e. The third-order valence-electron chi connectivity index (χ3n) is 4.72. The Morgan fingerprint density at radius 1 is 0.882 bits per heavy atom. The molecular formula is C23H12Cl4N2O5. The highest BCUT2D eigenvalue weighted by atomic mass is 35.5. The van der Waals surface area contributed by atoms with E-state index < -0.39 is 17.8 Å². The molecule has 0 aromatic heterocycles. The summed E-state index contributed by atoms with van der Waals surface area (Å²) < 4.78 is 5.20. The SMILES string of the molecule is O=C(Oc1ccc(Cl)c(O)c1)c1ccc(NC2=C(Cl)C(=O)N(c3cccc(Cl)c3Cl)C2=O)cc1. The van der Waals surface area contributed by atoms with Crippen molar-refractivity contribution in [1.29, 1.82) is 0 Å². The van der Waals surface area contributed by atoms with Crippen molar-refractivity contribution in [2.75, 3.05) is 10.2 Å². The molecule has 0 radical (unpaired) electrons. The lowest BCUT2D eigenvalue weighted by atomic mass is 10.2. The minimum absolute atomic E-state index is 0.0356. The Balaban J connectivity index is 1.50. The van der Waals surface area contributed by atoms with Crippen LogP contribution in [0, 0.1) is 0 Å². The van der Waals surface area contributed by atoms with E-state index in [0.717, 1.165) is 4.90 Å². The second-order valence-electron chi connectivity index (χ2n) is 6.91. The van der Waals surface area contributed by atoms with Crippen molar-refractivity contribution in [3.05, 3.63) is 92.0 Å². The van der Waals surface area contributed by atoms with Gasteiger partial charge in [0.1, 0.15) is 22.2 Å². The van der Waals surface area contributed by atoms with Crippen molar-refractivity contribution in [3.63, 3.8) is 0 Å². The van der Waals surface area contributed by atoms with Gasteiger partial charge >= 0.3 is 5.97 Å². The number of benzene rings is 3. The van der Waals surface area contributed by atoms with Gasteiger partial charge < -0.3 is 15.2 Å². The molecule has 0 saturated carbocycles. The van der Waals surface area contributed by atoms with Crippen molar-refractivity contribution >= 4 is 75.6 Å². The Morgan fingerprint density at radius 2 is 1.59 bits per heavy atom. The molecule has 7 nitrogen and oxygen atoms in total. The van der Waals surface area contributed by atoms with Crippen LogP contribution >= 0.6 is 46.4 Å². The van der Waals surface area contributed by atoms with E-state index in [1.165, 1.54) is 54.6 Å². The number of amides is 2. The number of carbonyl (C=O) groups is 3. The van der Waals surface area contributed by atoms with Crippen LogP contribution in [0.25, 0.3) is 0 Å². The number of imide groups is 1. The molecule has 3 aromatic rings. The van der Waals surface area contributed by atoms with Gasteiger partial charge in [0, 0.05) is 11.8 Å². The maximum atomic E-state index is 12.9. The minimum Gasteiger partial charge on any atom is -0.506 e. The van der Waals surface area contributed by atoms with Gasteiger partial charge in [0.25, 0.3) is 11.8 Å². The lowest BCUT2D eigenvalue weighted by molar-refractivity contribution is -0.120. The van der Waals surface area contributed by atoms with Gasteiger partial charge in [-0.15, -0.1) is 0 Å². The highest BCUT2D eigenvalue weighted by Crippen LogP contribution is 2.37. The molecule has 3 aromatic carbocycles. The molecule has 0 spiro atoms. The van der Waals surface area contributed by atoms with Crippen LogP contribution in [0.5, 0.6) is 11.5 Å². The van der Waals surface area contributed by atoms with E-state index in [-0.39, 0.29) is 48.5 Å². The number of hydrogen-bond donors (Lipinski definition) is 2. The summed E-state index contributed by atoms with van der Waals surface area (Å²) in [5, 5.41) is 12.4. The molecular weight excluding hydrogens is 526 g/mol. The number of nitrogens with one attached hydrogen (secondary N) is 1. The Labute approximate surface area is 213 Å². The monoisotopic (exact) mass is 536 g/mol. The molecule has 1 aliphatic rings. The molecule has 0 bridgehead atoms. The van der Waals surface area contributed by atoms with Crippen LogP contribution in [0.1, 0.15) is 10.4 Å². The number of esters is 1. The average molecular weight is 538 g/mol. The average Bonchev–Trinajstić information content (AvgIpc) is 3.02. The normalized spacial score (nSPS) is 13.5. The minimum atomic E-state index is -0.759. The Hall–Kier alpha value is -3.23. The number of carbonyl (C=O) groups excluding carboxylic acids is 3. The zero-order valence-electron chi connectivity index (χ0n) is 16.8. The second-order valence-corrected chi connectivity index (χ2v) is 8.48. The Morgan fingerprint density at radius 3 is 2.26 bits per heavy atom. The van der Waals surface area contributed by atoms with Crippen LogP contribution in [-0.4, -0.2) is 22.9 Å². The first kappa shape index (κ1) is 23.9. The van der Waals surface area contributed by atoms with E-state index in [1.54, 1.807) is 6.07 Å². The summed E-state index contributed by atoms with van der Waals surface area (Å²) in [6.45, 7) is 0. The predicted molar refractivity (Wildman–Crippen MR) is 130 cm³/mol. The Kier molecular flexibility index (Phi) is 6.72. The van der Waals surface area contributed by atoms with Crippen LogP contribution < -0.4 is 15.0 Å². The number of hydrogen-bond acceptors (Lipinski definition) is 6. The molecule has 0 saturated heterocycles. The summed E-state index contributed by atoms with van der Waals surface area (Å²) in [5.74, 6) is -2.27. The number of anilines is 2. The van der Waals surface area contributed by atoms with Crippen LogP contribution in [0.15, 0.2) is 71.4 Å². The zero-order chi connectivity index (χ0) is 24.6. The van der Waals surface area contributed by atoms with Crippen LogP contribution in [0.4, 0.5) is 11.4 Å². The lowest BCUT2D eigenvalue weighted by Crippen LogP contribution is -2.32. The molecule has 1 heterocycles. The van der Waals surface area contributed by atoms with Crippen molar-refractivity contribution in [1.82, 2.24) is 0 Å². The van der Waals surface area contributed by atoms with Gasteiger partial charge in [0.2, 0.25) is 0 Å². The molecule has 2 N–H and O–H groups in total. The van der Waals surface area contributed by atoms with Crippen molar-refractivity contribution in [2.45, 2.75) is 0 Å². The summed E-state index contributed by atoms with van der Waals surface area (Å²) in [6.07, 6.45) is 0. The predicted octanol–water partition coefficient (Wildman–Crippen LogP) is 6.01. The summed E-state index contributed by atoms with van der Waals surface area (Å²) in [4.78, 5) is 38.7. The van der Waals surface area contributed by atoms with Crippen LogP contribution in [-0.2, 0) is 9.59 Å². The standard InChI is InChI=1S/C23H12Cl4N2O5/c24-14-9-8-13(10-17(14)30)34-23(33)11-4-6-12(7-5-11)28-20-19(27)21(31)29(22(20)32)16-3-1-2-15(25)18(16)26/h1-10,28,30H. The van der Waals surface area contributed by atoms with E-state index >= 15 is 0 Å². The van der Waals surface area contributed by atoms with Gasteiger partial charge in [0.15, 0.2) is 0 Å². The van der Waals surface area contributed by atoms with Crippen LogP contribution in [0.3, 0.4) is 0 Å². The maximum absolute atomic E-state index is 12.9. The van der Waals surface area contributed by atoms with Crippen molar-refractivity contribution in [2.24, 2.45) is 0 Å². The number of rotatable bonds is 5. The molecule has 172 valence electrons. The summed E-state index contributed by atoms with van der Waals surface area (Å²) in [5.41, 5.74) is 0.523. The van der Waals surface area contributed by atoms with E-state index in [4.69, 9.17) is 51.1 Å². The third-order valence-corrected chi connectivity index (χ3v) is 6.20. The van der Waals surface area contributed by atoms with Gasteiger partial charge in [-0.25, -0.2) is 9.69 Å². The fourth-order valence-corrected chi connectivity index (χ4v) is 3.76. The molecule has 0 unspecified atom stereocenters. The van der Waals surface area contributed by atoms with Crippen molar-refractivity contribution < 1.29 is 24.2 Å². The summed E-state index contributed by atoms with van der Waals surface area (Å²) in [7, 11) is 0. The van der Waals surface area contributed by atoms with Gasteiger partial charge in [-0.05, 0) is 48.5 Å². The molecule has 1 aliphatic heterocycles. The molecule has 2 amide bonds. The number of ether oxygens (including phenoxy) is 1. The fourth-order valence-electron chi connectivity index (χ4n) is 3.05. The molecule has 0 fully saturated rings. The number of aromatic hydroxyl groups is 1. The molecule has 11 heteroatoms.